The maximum absolute atomic E-state index is 14.6. The molecule has 3 aromatic rings. The number of hydrogen-bond acceptors (Lipinski definition) is 6. The molecule has 1 saturated heterocycles. The Balaban J connectivity index is 1.85. The van der Waals surface area contributed by atoms with Crippen LogP contribution in [0.15, 0.2) is 30.6 Å². The fourth-order valence-electron chi connectivity index (χ4n) is 3.50. The smallest absolute Gasteiger partial charge is 0.230 e. The van der Waals surface area contributed by atoms with E-state index in [0.717, 1.165) is 0 Å². The van der Waals surface area contributed by atoms with E-state index in [2.05, 4.69) is 15.0 Å². The molecule has 0 spiro atoms. The van der Waals surface area contributed by atoms with Crippen molar-refractivity contribution in [1.29, 1.82) is 0 Å². The van der Waals surface area contributed by atoms with Crippen molar-refractivity contribution in [2.75, 3.05) is 13.1 Å². The normalized spacial score (nSPS) is 23.2. The second-order valence-electron chi connectivity index (χ2n) is 6.38. The van der Waals surface area contributed by atoms with Gasteiger partial charge in [-0.15, -0.1) is 0 Å². The molecule has 1 fully saturated rings. The van der Waals surface area contributed by atoms with Gasteiger partial charge in [0.2, 0.25) is 10.8 Å². The zero-order valence-electron chi connectivity index (χ0n) is 14.0. The number of ether oxygens (including phenoxy) is 1. The molecule has 0 radical (unpaired) electrons. The lowest BCUT2D eigenvalue weighted by Gasteiger charge is -2.40. The highest BCUT2D eigenvalue weighted by molar-refractivity contribution is 7.17. The first-order valence-corrected chi connectivity index (χ1v) is 9.01. The minimum atomic E-state index is -0.413. The summed E-state index contributed by atoms with van der Waals surface area (Å²) in [6, 6.07) is 6.28. The number of hydrogen-bond donors (Lipinski definition) is 1. The number of aromatic hydroxyl groups is 1. The maximum Gasteiger partial charge on any atom is 0.230 e. The SMILES string of the molecule is CC1CN(C(c2ccccc2F)c2sc3ncnn3c2O)CC(C)O1. The first-order valence-electron chi connectivity index (χ1n) is 8.20. The van der Waals surface area contributed by atoms with Crippen molar-refractivity contribution >= 4 is 16.3 Å². The van der Waals surface area contributed by atoms with Crippen LogP contribution in [-0.4, -0.2) is 49.9 Å². The Morgan fingerprint density at radius 3 is 2.68 bits per heavy atom. The van der Waals surface area contributed by atoms with Crippen LogP contribution >= 0.6 is 11.3 Å². The van der Waals surface area contributed by atoms with E-state index in [4.69, 9.17) is 4.74 Å². The topological polar surface area (TPSA) is 62.9 Å². The number of fused-ring (bicyclic) bond motifs is 1. The average Bonchev–Trinajstić information content (AvgIpc) is 3.13. The maximum atomic E-state index is 14.6. The van der Waals surface area contributed by atoms with Gasteiger partial charge in [0.25, 0.3) is 0 Å². The third kappa shape index (κ3) is 2.90. The summed E-state index contributed by atoms with van der Waals surface area (Å²) in [6.07, 6.45) is 1.46. The number of morpholine rings is 1. The summed E-state index contributed by atoms with van der Waals surface area (Å²) in [7, 11) is 0. The zero-order valence-corrected chi connectivity index (χ0v) is 14.8. The summed E-state index contributed by atoms with van der Waals surface area (Å²) in [5.74, 6) is -0.282. The molecule has 132 valence electrons. The molecule has 3 atom stereocenters. The van der Waals surface area contributed by atoms with Crippen LogP contribution in [0, 0.1) is 5.82 Å². The van der Waals surface area contributed by atoms with Gasteiger partial charge >= 0.3 is 0 Å². The molecule has 25 heavy (non-hydrogen) atoms. The van der Waals surface area contributed by atoms with Crippen LogP contribution in [0.5, 0.6) is 5.88 Å². The molecule has 0 aliphatic carbocycles. The van der Waals surface area contributed by atoms with Gasteiger partial charge in [-0.25, -0.2) is 9.37 Å². The van der Waals surface area contributed by atoms with E-state index < -0.39 is 6.04 Å². The number of benzene rings is 1. The first-order chi connectivity index (χ1) is 12.0. The van der Waals surface area contributed by atoms with Gasteiger partial charge < -0.3 is 9.84 Å². The van der Waals surface area contributed by atoms with Crippen LogP contribution in [0.25, 0.3) is 4.96 Å². The molecule has 3 unspecified atom stereocenters. The molecular formula is C17H19FN4O2S. The van der Waals surface area contributed by atoms with Crippen LogP contribution in [-0.2, 0) is 4.74 Å². The molecule has 1 aromatic carbocycles. The Morgan fingerprint density at radius 2 is 2.00 bits per heavy atom. The van der Waals surface area contributed by atoms with Crippen molar-refractivity contribution in [1.82, 2.24) is 19.5 Å². The van der Waals surface area contributed by atoms with E-state index >= 15 is 0 Å². The van der Waals surface area contributed by atoms with Gasteiger partial charge in [-0.2, -0.15) is 9.61 Å². The summed E-state index contributed by atoms with van der Waals surface area (Å²) in [4.78, 5) is 7.53. The number of aromatic nitrogens is 3. The summed E-state index contributed by atoms with van der Waals surface area (Å²) in [5.41, 5.74) is 0.531. The van der Waals surface area contributed by atoms with Crippen LogP contribution in [0.3, 0.4) is 0 Å². The third-order valence-electron chi connectivity index (χ3n) is 4.40. The summed E-state index contributed by atoms with van der Waals surface area (Å²) in [6.45, 7) is 5.31. The molecule has 6 nitrogen and oxygen atoms in total. The van der Waals surface area contributed by atoms with Gasteiger partial charge in [-0.05, 0) is 19.9 Å². The average molecular weight is 362 g/mol. The van der Waals surface area contributed by atoms with E-state index in [9.17, 15) is 9.50 Å². The fraction of sp³-hybridized carbons (Fsp3) is 0.412. The molecule has 1 aliphatic heterocycles. The lowest BCUT2D eigenvalue weighted by atomic mass is 10.0. The van der Waals surface area contributed by atoms with Gasteiger partial charge in [-0.1, -0.05) is 29.5 Å². The fourth-order valence-corrected chi connectivity index (χ4v) is 4.58. The highest BCUT2D eigenvalue weighted by Gasteiger charge is 2.35. The van der Waals surface area contributed by atoms with Crippen molar-refractivity contribution in [2.45, 2.75) is 32.1 Å². The van der Waals surface area contributed by atoms with E-state index in [1.807, 2.05) is 19.9 Å². The Morgan fingerprint density at radius 1 is 1.28 bits per heavy atom. The van der Waals surface area contributed by atoms with E-state index in [1.54, 1.807) is 12.1 Å². The molecule has 1 N–H and O–H groups in total. The van der Waals surface area contributed by atoms with Gasteiger partial charge in [-0.3, -0.25) is 4.90 Å². The Bertz CT molecular complexity index is 886. The number of nitrogens with zero attached hydrogens (tertiary/aromatic N) is 4. The number of rotatable bonds is 3. The third-order valence-corrected chi connectivity index (χ3v) is 5.49. The predicted molar refractivity (Wildman–Crippen MR) is 92.4 cm³/mol. The van der Waals surface area contributed by atoms with E-state index in [1.165, 1.54) is 28.2 Å². The molecule has 8 heteroatoms. The van der Waals surface area contributed by atoms with Crippen LogP contribution < -0.4 is 0 Å². The highest BCUT2D eigenvalue weighted by Crippen LogP contribution is 2.41. The molecular weight excluding hydrogens is 343 g/mol. The summed E-state index contributed by atoms with van der Waals surface area (Å²) in [5, 5.41) is 14.7. The molecule has 2 aromatic heterocycles. The second kappa shape index (κ2) is 6.36. The van der Waals surface area contributed by atoms with E-state index in [0.29, 0.717) is 28.5 Å². The Hall–Kier alpha value is -2.03. The van der Waals surface area contributed by atoms with Crippen molar-refractivity contribution < 1.29 is 14.2 Å². The molecule has 3 heterocycles. The van der Waals surface area contributed by atoms with Gasteiger partial charge in [0.15, 0.2) is 0 Å². The Kier molecular flexibility index (Phi) is 4.18. The minimum Gasteiger partial charge on any atom is -0.492 e. The van der Waals surface area contributed by atoms with Crippen LogP contribution in [0.4, 0.5) is 4.39 Å². The highest BCUT2D eigenvalue weighted by atomic mass is 32.1. The quantitative estimate of drug-likeness (QED) is 0.776. The number of thiazole rings is 1. The Labute approximate surface area is 148 Å². The minimum absolute atomic E-state index is 0.0116. The molecule has 1 aliphatic rings. The van der Waals surface area contributed by atoms with Gasteiger partial charge in [0.1, 0.15) is 12.1 Å². The largest absolute Gasteiger partial charge is 0.492 e. The lowest BCUT2D eigenvalue weighted by molar-refractivity contribution is -0.0767. The van der Waals surface area contributed by atoms with Crippen LogP contribution in [0.2, 0.25) is 0 Å². The van der Waals surface area contributed by atoms with Crippen molar-refractivity contribution in [3.05, 3.63) is 46.9 Å². The van der Waals surface area contributed by atoms with Gasteiger partial charge in [0, 0.05) is 18.7 Å². The summed E-state index contributed by atoms with van der Waals surface area (Å²) < 4.78 is 21.8. The first kappa shape index (κ1) is 16.4. The van der Waals surface area contributed by atoms with Crippen LogP contribution in [0.1, 0.15) is 30.3 Å². The molecule has 4 rings (SSSR count). The monoisotopic (exact) mass is 362 g/mol. The van der Waals surface area contributed by atoms with Crippen molar-refractivity contribution in [3.63, 3.8) is 0 Å². The van der Waals surface area contributed by atoms with E-state index in [-0.39, 0.29) is 23.9 Å². The van der Waals surface area contributed by atoms with Crippen molar-refractivity contribution in [2.24, 2.45) is 0 Å². The van der Waals surface area contributed by atoms with Crippen molar-refractivity contribution in [3.8, 4) is 5.88 Å². The zero-order chi connectivity index (χ0) is 17.6. The lowest BCUT2D eigenvalue weighted by Crippen LogP contribution is -2.47. The second-order valence-corrected chi connectivity index (χ2v) is 7.39. The molecule has 0 saturated carbocycles. The number of halogens is 1. The standard InChI is InChI=1S/C17H19FN4O2S/c1-10-7-21(8-11(2)24-10)14(12-5-3-4-6-13(12)18)15-16(23)22-17(25-15)19-9-20-22/h3-6,9-11,14,23H,7-8H2,1-2H3. The predicted octanol–water partition coefficient (Wildman–Crippen LogP) is 2.83. The molecule has 0 amide bonds. The molecule has 0 bridgehead atoms. The summed E-state index contributed by atoms with van der Waals surface area (Å²) >= 11 is 1.33. The van der Waals surface area contributed by atoms with Gasteiger partial charge in [0.05, 0.1) is 23.1 Å².